The Kier molecular flexibility index (Phi) is 32.3. The van der Waals surface area contributed by atoms with Gasteiger partial charge in [0.1, 0.15) is 12.6 Å². The van der Waals surface area contributed by atoms with Crippen molar-refractivity contribution in [2.24, 2.45) is 0 Å². The van der Waals surface area contributed by atoms with Crippen molar-refractivity contribution in [3.8, 4) is 0 Å². The summed E-state index contributed by atoms with van der Waals surface area (Å²) >= 11 is 0. The first-order chi connectivity index (χ1) is 25.1. The zero-order chi connectivity index (χ0) is 38.5. The van der Waals surface area contributed by atoms with Crippen LogP contribution in [0.3, 0.4) is 0 Å². The Labute approximate surface area is 316 Å². The molecule has 0 fully saturated rings. The van der Waals surface area contributed by atoms with Crippen LogP contribution in [0.5, 0.6) is 0 Å². The van der Waals surface area contributed by atoms with Crippen LogP contribution in [0.1, 0.15) is 123 Å². The molecule has 294 valence electrons. The molecule has 0 bridgehead atoms. The van der Waals surface area contributed by atoms with Crippen molar-refractivity contribution in [3.05, 3.63) is 85.1 Å². The minimum atomic E-state index is -1.14. The van der Waals surface area contributed by atoms with Crippen LogP contribution in [0.25, 0.3) is 0 Å². The van der Waals surface area contributed by atoms with Crippen molar-refractivity contribution in [3.63, 3.8) is 0 Å². The highest BCUT2D eigenvalue weighted by Gasteiger charge is 2.25. The third kappa shape index (κ3) is 32.4. The number of rotatable bonds is 33. The number of hydrogen-bond acceptors (Lipinski definition) is 7. The van der Waals surface area contributed by atoms with E-state index >= 15 is 0 Å². The molecule has 0 aliphatic heterocycles. The summed E-state index contributed by atoms with van der Waals surface area (Å²) in [6.07, 6.45) is 43.2. The molecule has 0 aromatic carbocycles. The van der Waals surface area contributed by atoms with Crippen molar-refractivity contribution < 1.29 is 38.2 Å². The second-order valence-electron chi connectivity index (χ2n) is 13.9. The fourth-order valence-electron chi connectivity index (χ4n) is 5.08. The summed E-state index contributed by atoms with van der Waals surface area (Å²) < 4.78 is 17.0. The lowest BCUT2D eigenvalue weighted by Crippen LogP contribution is -2.55. The maximum Gasteiger partial charge on any atom is 0.306 e. The molecule has 8 heteroatoms. The summed E-state index contributed by atoms with van der Waals surface area (Å²) in [6.45, 7) is 4.38. The molecule has 52 heavy (non-hydrogen) atoms. The molecule has 0 aliphatic carbocycles. The topological polar surface area (TPSA) is 102 Å². The predicted octanol–water partition coefficient (Wildman–Crippen LogP) is 8.85. The first-order valence-corrected chi connectivity index (χ1v) is 19.7. The van der Waals surface area contributed by atoms with Crippen LogP contribution in [-0.4, -0.2) is 75.5 Å². The number of carboxylic acids is 1. The van der Waals surface area contributed by atoms with Crippen molar-refractivity contribution in [1.29, 1.82) is 0 Å². The minimum absolute atomic E-state index is 0.0142. The zero-order valence-corrected chi connectivity index (χ0v) is 33.2. The lowest BCUT2D eigenvalue weighted by atomic mass is 10.1. The summed E-state index contributed by atoms with van der Waals surface area (Å²) in [5.41, 5.74) is 0. The van der Waals surface area contributed by atoms with E-state index < -0.39 is 18.1 Å². The summed E-state index contributed by atoms with van der Waals surface area (Å²) in [5.74, 6) is -1.82. The van der Waals surface area contributed by atoms with Gasteiger partial charge in [0.2, 0.25) is 0 Å². The quantitative estimate of drug-likeness (QED) is 0.0219. The van der Waals surface area contributed by atoms with E-state index in [1.54, 1.807) is 21.1 Å². The van der Waals surface area contributed by atoms with Gasteiger partial charge in [-0.3, -0.25) is 9.59 Å². The zero-order valence-electron chi connectivity index (χ0n) is 33.2. The minimum Gasteiger partial charge on any atom is -0.544 e. The second-order valence-corrected chi connectivity index (χ2v) is 13.9. The molecule has 0 aromatic heterocycles. The van der Waals surface area contributed by atoms with Gasteiger partial charge in [0.25, 0.3) is 0 Å². The third-order valence-electron chi connectivity index (χ3n) is 8.18. The molecule has 8 nitrogen and oxygen atoms in total. The first-order valence-electron chi connectivity index (χ1n) is 19.7. The molecule has 0 saturated heterocycles. The number of ether oxygens (including phenoxy) is 3. The molecular weight excluding hydrogens is 654 g/mol. The molecular formula is C44H71NO7. The van der Waals surface area contributed by atoms with Gasteiger partial charge in [0.15, 0.2) is 6.10 Å². The van der Waals surface area contributed by atoms with E-state index in [1.807, 2.05) is 60.8 Å². The average Bonchev–Trinajstić information content (AvgIpc) is 3.09. The highest BCUT2D eigenvalue weighted by molar-refractivity contribution is 5.70. The molecule has 0 aromatic rings. The average molecular weight is 726 g/mol. The molecule has 0 rings (SSSR count). The van der Waals surface area contributed by atoms with E-state index in [0.29, 0.717) is 12.8 Å². The van der Waals surface area contributed by atoms with Crippen LogP contribution in [-0.2, 0) is 28.6 Å². The van der Waals surface area contributed by atoms with Crippen LogP contribution in [0.4, 0.5) is 0 Å². The fraction of sp³-hybridized carbons (Fsp3) is 0.614. The molecule has 2 unspecified atom stereocenters. The fourth-order valence-corrected chi connectivity index (χ4v) is 5.08. The van der Waals surface area contributed by atoms with Gasteiger partial charge in [0.05, 0.1) is 40.3 Å². The van der Waals surface area contributed by atoms with Gasteiger partial charge < -0.3 is 28.6 Å². The Hall–Kier alpha value is -3.49. The number of unbranched alkanes of at least 4 members (excludes halogenated alkanes) is 10. The number of carbonyl (C=O) groups excluding carboxylic acids is 3. The Balaban J connectivity index is 4.55. The number of likely N-dealkylation sites (N-methyl/N-ethyl adjacent to an activating group) is 1. The van der Waals surface area contributed by atoms with Gasteiger partial charge >= 0.3 is 11.9 Å². The van der Waals surface area contributed by atoms with Gasteiger partial charge in [-0.05, 0) is 51.4 Å². The van der Waals surface area contributed by atoms with Gasteiger partial charge in [0, 0.05) is 19.3 Å². The van der Waals surface area contributed by atoms with E-state index in [0.717, 1.165) is 64.2 Å². The molecule has 0 heterocycles. The molecule has 0 N–H and O–H groups in total. The number of allylic oxidation sites excluding steroid dienone is 14. The number of esters is 2. The highest BCUT2D eigenvalue weighted by atomic mass is 16.6. The van der Waals surface area contributed by atoms with E-state index in [2.05, 4.69) is 38.2 Å². The van der Waals surface area contributed by atoms with E-state index in [1.165, 1.54) is 19.3 Å². The molecule has 0 saturated carbocycles. The normalized spacial score (nSPS) is 13.9. The Morgan fingerprint density at radius 2 is 1.10 bits per heavy atom. The van der Waals surface area contributed by atoms with E-state index in [-0.39, 0.29) is 49.1 Å². The van der Waals surface area contributed by atoms with Crippen LogP contribution in [0.15, 0.2) is 85.1 Å². The summed E-state index contributed by atoms with van der Waals surface area (Å²) in [6, 6.07) is -0.739. The van der Waals surface area contributed by atoms with Gasteiger partial charge in [-0.25, -0.2) is 0 Å². The van der Waals surface area contributed by atoms with Crippen LogP contribution < -0.4 is 5.11 Å². The predicted molar refractivity (Wildman–Crippen MR) is 212 cm³/mol. The monoisotopic (exact) mass is 726 g/mol. The highest BCUT2D eigenvalue weighted by Crippen LogP contribution is 2.12. The second kappa shape index (κ2) is 34.6. The Bertz CT molecular complexity index is 1120. The standard InChI is InChI=1S/C44H71NO7/c1-6-8-10-12-14-16-18-19-20-21-22-23-25-27-29-31-33-35-43(47)52-40(38-50-37-36-41(44(48)49)45(3,4)5)39-51-42(46)34-32-30-28-26-24-17-15-13-11-9-7-2/h8,10,12-16,18-23,25,40-41H,6-7,9,11,17,24,26-39H2,1-5H3/b10-8+,14-12+,15-13+,18-16+,20-19+,22-21+,25-23+. The van der Waals surface area contributed by atoms with Gasteiger partial charge in [-0.2, -0.15) is 0 Å². The smallest absolute Gasteiger partial charge is 0.306 e. The summed E-state index contributed by atoms with van der Waals surface area (Å²) in [4.78, 5) is 36.7. The number of quaternary nitrogens is 1. The Morgan fingerprint density at radius 3 is 1.67 bits per heavy atom. The first kappa shape index (κ1) is 48.5. The van der Waals surface area contributed by atoms with E-state index in [4.69, 9.17) is 14.2 Å². The maximum atomic E-state index is 12.7. The van der Waals surface area contributed by atoms with Gasteiger partial charge in [-0.15, -0.1) is 0 Å². The lowest BCUT2D eigenvalue weighted by Gasteiger charge is -2.34. The summed E-state index contributed by atoms with van der Waals surface area (Å²) in [5, 5.41) is 11.6. The molecule has 2 atom stereocenters. The van der Waals surface area contributed by atoms with Crippen molar-refractivity contribution in [1.82, 2.24) is 0 Å². The number of aliphatic carboxylic acids is 1. The summed E-state index contributed by atoms with van der Waals surface area (Å²) in [7, 11) is 5.36. The molecule has 0 amide bonds. The number of carboxylic acid groups (broad SMARTS) is 1. The van der Waals surface area contributed by atoms with E-state index in [9.17, 15) is 19.5 Å². The number of carbonyl (C=O) groups is 3. The van der Waals surface area contributed by atoms with Crippen molar-refractivity contribution >= 4 is 17.9 Å². The lowest BCUT2D eigenvalue weighted by molar-refractivity contribution is -0.889. The van der Waals surface area contributed by atoms with Crippen LogP contribution >= 0.6 is 0 Å². The molecule has 0 aliphatic rings. The molecule has 0 spiro atoms. The third-order valence-corrected chi connectivity index (χ3v) is 8.18. The van der Waals surface area contributed by atoms with Crippen LogP contribution in [0, 0.1) is 0 Å². The number of nitrogens with zero attached hydrogens (tertiary/aromatic N) is 1. The maximum absolute atomic E-state index is 12.7. The largest absolute Gasteiger partial charge is 0.544 e. The SMILES string of the molecule is CC/C=C/C=C/C=C/C=C/C=C/C=C/CCCCCC(=O)OC(COCCC(C(=O)[O-])[N+](C)(C)C)COC(=O)CCCCCCC/C=C/CCCC. The Morgan fingerprint density at radius 1 is 0.596 bits per heavy atom. The van der Waals surface area contributed by atoms with Crippen molar-refractivity contribution in [2.45, 2.75) is 135 Å². The van der Waals surface area contributed by atoms with Crippen molar-refractivity contribution in [2.75, 3.05) is 41.0 Å². The molecule has 0 radical (unpaired) electrons. The van der Waals surface area contributed by atoms with Gasteiger partial charge in [-0.1, -0.05) is 137 Å². The number of hydrogen-bond donors (Lipinski definition) is 0. The van der Waals surface area contributed by atoms with Crippen LogP contribution in [0.2, 0.25) is 0 Å².